The molecular weight excluding hydrogens is 170 g/mol. The smallest absolute Gasteiger partial charge is 0.0345 e. The monoisotopic (exact) mass is 189 g/mol. The maximum atomic E-state index is 2.62. The quantitative estimate of drug-likeness (QED) is 0.705. The van der Waals surface area contributed by atoms with Crippen molar-refractivity contribution >= 4 is 0 Å². The molecule has 1 aromatic carbocycles. The predicted molar refractivity (Wildman–Crippen MR) is 60.3 cm³/mol. The first-order valence-electron chi connectivity index (χ1n) is 5.71. The van der Waals surface area contributed by atoms with Gasteiger partial charge in [0.25, 0.3) is 0 Å². The molecule has 1 saturated heterocycles. The topological polar surface area (TPSA) is 3.24 Å². The van der Waals surface area contributed by atoms with Gasteiger partial charge in [0.2, 0.25) is 0 Å². The van der Waals surface area contributed by atoms with Gasteiger partial charge in [-0.2, -0.15) is 0 Å². The summed E-state index contributed by atoms with van der Waals surface area (Å²) in [4.78, 5) is 2.62. The minimum absolute atomic E-state index is 0.652. The van der Waals surface area contributed by atoms with E-state index in [-0.39, 0.29) is 0 Å². The predicted octanol–water partition coefficient (Wildman–Crippen LogP) is 3.23. The van der Waals surface area contributed by atoms with Crippen LogP contribution in [0.2, 0.25) is 0 Å². The van der Waals surface area contributed by atoms with Crippen LogP contribution in [0, 0.1) is 0 Å². The minimum Gasteiger partial charge on any atom is -0.296 e. The van der Waals surface area contributed by atoms with Crippen LogP contribution in [-0.4, -0.2) is 18.0 Å². The molecule has 1 aromatic rings. The van der Waals surface area contributed by atoms with Crippen molar-refractivity contribution in [2.45, 2.75) is 32.2 Å². The molecule has 0 spiro atoms. The zero-order valence-corrected chi connectivity index (χ0v) is 8.95. The van der Waals surface area contributed by atoms with Crippen LogP contribution in [0.25, 0.3) is 0 Å². The molecule has 0 radical (unpaired) electrons. The summed E-state index contributed by atoms with van der Waals surface area (Å²) < 4.78 is 0. The largest absolute Gasteiger partial charge is 0.296 e. The van der Waals surface area contributed by atoms with E-state index in [0.29, 0.717) is 6.04 Å². The Morgan fingerprint density at radius 2 is 1.79 bits per heavy atom. The Labute approximate surface area is 86.7 Å². The number of rotatable bonds is 3. The SMILES string of the molecule is CCC(c1ccccc1)N1CCCC1. The van der Waals surface area contributed by atoms with Crippen LogP contribution in [0.5, 0.6) is 0 Å². The summed E-state index contributed by atoms with van der Waals surface area (Å²) in [6.45, 7) is 4.86. The van der Waals surface area contributed by atoms with E-state index in [0.717, 1.165) is 0 Å². The second-order valence-electron chi connectivity index (χ2n) is 4.08. The van der Waals surface area contributed by atoms with E-state index >= 15 is 0 Å². The average Bonchev–Trinajstić information content (AvgIpc) is 2.74. The fourth-order valence-electron chi connectivity index (χ4n) is 2.43. The minimum atomic E-state index is 0.652. The van der Waals surface area contributed by atoms with Gasteiger partial charge in [-0.1, -0.05) is 37.3 Å². The van der Waals surface area contributed by atoms with E-state index < -0.39 is 0 Å². The summed E-state index contributed by atoms with van der Waals surface area (Å²) in [6.07, 6.45) is 3.98. The van der Waals surface area contributed by atoms with Crippen LogP contribution < -0.4 is 0 Å². The number of benzene rings is 1. The maximum Gasteiger partial charge on any atom is 0.0345 e. The summed E-state index contributed by atoms with van der Waals surface area (Å²) in [6, 6.07) is 11.6. The zero-order chi connectivity index (χ0) is 9.80. The van der Waals surface area contributed by atoms with Gasteiger partial charge in [0.05, 0.1) is 0 Å². The molecule has 2 rings (SSSR count). The lowest BCUT2D eigenvalue weighted by Gasteiger charge is -2.26. The summed E-state index contributed by atoms with van der Waals surface area (Å²) in [7, 11) is 0. The van der Waals surface area contributed by atoms with E-state index in [1.807, 2.05) is 0 Å². The van der Waals surface area contributed by atoms with Gasteiger partial charge in [0.15, 0.2) is 0 Å². The van der Waals surface area contributed by atoms with E-state index in [1.165, 1.54) is 37.9 Å². The highest BCUT2D eigenvalue weighted by atomic mass is 15.2. The Kier molecular flexibility index (Phi) is 3.20. The van der Waals surface area contributed by atoms with Crippen LogP contribution in [0.15, 0.2) is 30.3 Å². The third kappa shape index (κ3) is 1.98. The molecule has 0 aliphatic carbocycles. The fraction of sp³-hybridized carbons (Fsp3) is 0.538. The van der Waals surface area contributed by atoms with Crippen LogP contribution in [-0.2, 0) is 0 Å². The lowest BCUT2D eigenvalue weighted by molar-refractivity contribution is 0.239. The Hall–Kier alpha value is -0.820. The molecule has 0 aromatic heterocycles. The van der Waals surface area contributed by atoms with Gasteiger partial charge in [-0.25, -0.2) is 0 Å². The molecule has 0 amide bonds. The van der Waals surface area contributed by atoms with Crippen molar-refractivity contribution < 1.29 is 0 Å². The van der Waals surface area contributed by atoms with Crippen molar-refractivity contribution in [3.63, 3.8) is 0 Å². The first-order chi connectivity index (χ1) is 6.92. The summed E-state index contributed by atoms with van der Waals surface area (Å²) >= 11 is 0. The van der Waals surface area contributed by atoms with Crippen LogP contribution in [0.4, 0.5) is 0 Å². The number of hydrogen-bond donors (Lipinski definition) is 0. The van der Waals surface area contributed by atoms with Gasteiger partial charge in [0.1, 0.15) is 0 Å². The molecule has 0 saturated carbocycles. The maximum absolute atomic E-state index is 2.62. The van der Waals surface area contributed by atoms with Gasteiger partial charge < -0.3 is 0 Å². The Morgan fingerprint density at radius 3 is 2.36 bits per heavy atom. The van der Waals surface area contributed by atoms with Crippen LogP contribution in [0.3, 0.4) is 0 Å². The van der Waals surface area contributed by atoms with Crippen molar-refractivity contribution in [2.75, 3.05) is 13.1 Å². The van der Waals surface area contributed by atoms with E-state index in [4.69, 9.17) is 0 Å². The molecular formula is C13H19N. The Morgan fingerprint density at radius 1 is 1.14 bits per heavy atom. The average molecular weight is 189 g/mol. The standard InChI is InChI=1S/C13H19N/c1-2-13(14-10-6-7-11-14)12-8-4-3-5-9-12/h3-5,8-9,13H,2,6-7,10-11H2,1H3. The second-order valence-corrected chi connectivity index (χ2v) is 4.08. The highest BCUT2D eigenvalue weighted by Crippen LogP contribution is 2.27. The van der Waals surface area contributed by atoms with Crippen molar-refractivity contribution in [1.82, 2.24) is 4.90 Å². The first kappa shape index (κ1) is 9.72. The number of hydrogen-bond acceptors (Lipinski definition) is 1. The third-order valence-electron chi connectivity index (χ3n) is 3.15. The lowest BCUT2D eigenvalue weighted by Crippen LogP contribution is -2.24. The van der Waals surface area contributed by atoms with Crippen LogP contribution >= 0.6 is 0 Å². The molecule has 14 heavy (non-hydrogen) atoms. The lowest BCUT2D eigenvalue weighted by atomic mass is 10.0. The Balaban J connectivity index is 2.12. The van der Waals surface area contributed by atoms with E-state index in [9.17, 15) is 0 Å². The van der Waals surface area contributed by atoms with Gasteiger partial charge >= 0.3 is 0 Å². The number of nitrogens with zero attached hydrogens (tertiary/aromatic N) is 1. The molecule has 1 unspecified atom stereocenters. The van der Waals surface area contributed by atoms with Crippen molar-refractivity contribution in [1.29, 1.82) is 0 Å². The highest BCUT2D eigenvalue weighted by Gasteiger charge is 2.21. The van der Waals surface area contributed by atoms with Crippen molar-refractivity contribution in [2.24, 2.45) is 0 Å². The molecule has 0 N–H and O–H groups in total. The molecule has 1 heteroatoms. The van der Waals surface area contributed by atoms with Gasteiger partial charge in [-0.3, -0.25) is 4.90 Å². The Bertz CT molecular complexity index is 262. The molecule has 1 fully saturated rings. The molecule has 0 bridgehead atoms. The summed E-state index contributed by atoms with van der Waals surface area (Å²) in [5.41, 5.74) is 1.48. The molecule has 1 aliphatic heterocycles. The second kappa shape index (κ2) is 4.61. The van der Waals surface area contributed by atoms with E-state index in [2.05, 4.69) is 42.2 Å². The van der Waals surface area contributed by atoms with Gasteiger partial charge in [0, 0.05) is 6.04 Å². The fourth-order valence-corrected chi connectivity index (χ4v) is 2.43. The number of likely N-dealkylation sites (tertiary alicyclic amines) is 1. The highest BCUT2D eigenvalue weighted by molar-refractivity contribution is 5.19. The normalized spacial score (nSPS) is 19.8. The van der Waals surface area contributed by atoms with Gasteiger partial charge in [-0.05, 0) is 37.9 Å². The summed E-state index contributed by atoms with van der Waals surface area (Å²) in [5, 5.41) is 0. The molecule has 1 nitrogen and oxygen atoms in total. The molecule has 1 atom stereocenters. The molecule has 1 aliphatic rings. The molecule has 1 heterocycles. The van der Waals surface area contributed by atoms with Crippen LogP contribution in [0.1, 0.15) is 37.8 Å². The molecule has 76 valence electrons. The summed E-state index contributed by atoms with van der Waals surface area (Å²) in [5.74, 6) is 0. The van der Waals surface area contributed by atoms with Gasteiger partial charge in [-0.15, -0.1) is 0 Å². The first-order valence-corrected chi connectivity index (χ1v) is 5.71. The third-order valence-corrected chi connectivity index (χ3v) is 3.15. The zero-order valence-electron chi connectivity index (χ0n) is 8.95. The van der Waals surface area contributed by atoms with E-state index in [1.54, 1.807) is 0 Å². The van der Waals surface area contributed by atoms with Crippen molar-refractivity contribution in [3.8, 4) is 0 Å². The van der Waals surface area contributed by atoms with Crippen molar-refractivity contribution in [3.05, 3.63) is 35.9 Å².